The van der Waals surface area contributed by atoms with E-state index in [4.69, 9.17) is 14.2 Å². The Morgan fingerprint density at radius 2 is 0.527 bits per heavy atom. The molecular weight excluding hydrogens is 913 g/mol. The number of hydrogen-bond acceptors (Lipinski definition) is 6. The normalized spacial score (nSPS) is 13.0. The van der Waals surface area contributed by atoms with Crippen molar-refractivity contribution in [1.82, 2.24) is 0 Å². The van der Waals surface area contributed by atoms with Gasteiger partial charge < -0.3 is 14.2 Å². The van der Waals surface area contributed by atoms with Crippen LogP contribution in [0.1, 0.15) is 271 Å². The number of hydrogen-bond donors (Lipinski definition) is 0. The summed E-state index contributed by atoms with van der Waals surface area (Å²) in [6, 6.07) is 0. The molecule has 1 unspecified atom stereocenters. The molecule has 0 amide bonds. The lowest BCUT2D eigenvalue weighted by Crippen LogP contribution is -2.30. The van der Waals surface area contributed by atoms with Gasteiger partial charge in [0, 0.05) is 19.3 Å². The van der Waals surface area contributed by atoms with E-state index in [2.05, 4.69) is 142 Å². The highest BCUT2D eigenvalue weighted by atomic mass is 16.6. The Kier molecular flexibility index (Phi) is 57.9. The third-order valence-electron chi connectivity index (χ3n) is 12.7. The first kappa shape index (κ1) is 69.8. The van der Waals surface area contributed by atoms with E-state index in [0.717, 1.165) is 128 Å². The first-order chi connectivity index (χ1) is 36.5. The Morgan fingerprint density at radius 1 is 0.284 bits per heavy atom. The summed E-state index contributed by atoms with van der Waals surface area (Å²) < 4.78 is 16.8. The first-order valence-corrected chi connectivity index (χ1v) is 30.5. The van der Waals surface area contributed by atoms with Crippen molar-refractivity contribution in [3.8, 4) is 0 Å². The summed E-state index contributed by atoms with van der Waals surface area (Å²) in [5.41, 5.74) is 0. The third-order valence-corrected chi connectivity index (χ3v) is 12.7. The second kappa shape index (κ2) is 61.4. The predicted molar refractivity (Wildman–Crippen MR) is 320 cm³/mol. The molecule has 0 saturated heterocycles. The van der Waals surface area contributed by atoms with E-state index in [0.29, 0.717) is 19.3 Å². The van der Waals surface area contributed by atoms with Crippen LogP contribution in [0.2, 0.25) is 0 Å². The molecule has 0 radical (unpaired) electrons. The fourth-order valence-electron chi connectivity index (χ4n) is 8.20. The number of esters is 3. The van der Waals surface area contributed by atoms with Crippen LogP contribution in [0.15, 0.2) is 122 Å². The quantitative estimate of drug-likeness (QED) is 0.0261. The van der Waals surface area contributed by atoms with Gasteiger partial charge in [-0.25, -0.2) is 0 Å². The first-order valence-electron chi connectivity index (χ1n) is 30.5. The SMILES string of the molecule is CC/C=C\C/C=C\C/C=C\C/C=C\C/C=C\C/C=C\CCCCCCCCCCCCC(=O)OCC(COC(=O)CCCCCCCC)OC(=O)CCCCCCCCCC/C=C\C/C=C\C/C=C\C/C=C\CC. The van der Waals surface area contributed by atoms with E-state index in [9.17, 15) is 14.4 Å². The lowest BCUT2D eigenvalue weighted by atomic mass is 10.1. The zero-order valence-electron chi connectivity index (χ0n) is 48.1. The summed E-state index contributed by atoms with van der Waals surface area (Å²) in [5.74, 6) is -0.905. The predicted octanol–water partition coefficient (Wildman–Crippen LogP) is 20.8. The van der Waals surface area contributed by atoms with Gasteiger partial charge in [0.25, 0.3) is 0 Å². The summed E-state index contributed by atoms with van der Waals surface area (Å²) in [7, 11) is 0. The maximum atomic E-state index is 12.8. The maximum Gasteiger partial charge on any atom is 0.306 e. The molecule has 6 nitrogen and oxygen atoms in total. The van der Waals surface area contributed by atoms with Gasteiger partial charge in [-0.05, 0) is 109 Å². The van der Waals surface area contributed by atoms with Gasteiger partial charge in [-0.1, -0.05) is 264 Å². The van der Waals surface area contributed by atoms with Crippen molar-refractivity contribution in [1.29, 1.82) is 0 Å². The van der Waals surface area contributed by atoms with Gasteiger partial charge in [0.1, 0.15) is 13.2 Å². The van der Waals surface area contributed by atoms with Crippen molar-refractivity contribution in [3.63, 3.8) is 0 Å². The highest BCUT2D eigenvalue weighted by Gasteiger charge is 2.19. The van der Waals surface area contributed by atoms with Crippen LogP contribution in [0, 0.1) is 0 Å². The average Bonchev–Trinajstić information content (AvgIpc) is 3.40. The van der Waals surface area contributed by atoms with Gasteiger partial charge in [-0.15, -0.1) is 0 Å². The Labute approximate surface area is 456 Å². The molecule has 0 heterocycles. The highest BCUT2D eigenvalue weighted by Crippen LogP contribution is 2.15. The molecule has 0 aliphatic rings. The Morgan fingerprint density at radius 3 is 0.824 bits per heavy atom. The number of carbonyl (C=O) groups excluding carboxylic acids is 3. The van der Waals surface area contributed by atoms with Gasteiger partial charge in [0.2, 0.25) is 0 Å². The van der Waals surface area contributed by atoms with Crippen LogP contribution in [0.4, 0.5) is 0 Å². The molecule has 1 atom stereocenters. The molecule has 0 bridgehead atoms. The molecule has 0 fully saturated rings. The fraction of sp³-hybridized carbons (Fsp3) is 0.662. The van der Waals surface area contributed by atoms with Crippen LogP contribution in [0.25, 0.3) is 0 Å². The summed E-state index contributed by atoms with van der Waals surface area (Å²) >= 11 is 0. The summed E-state index contributed by atoms with van der Waals surface area (Å²) in [6.07, 6.45) is 85.1. The molecule has 6 heteroatoms. The average molecular weight is 1030 g/mol. The maximum absolute atomic E-state index is 12.8. The fourth-order valence-corrected chi connectivity index (χ4v) is 8.20. The number of rotatable bonds is 54. The van der Waals surface area contributed by atoms with E-state index in [1.165, 1.54) is 103 Å². The lowest BCUT2D eigenvalue weighted by Gasteiger charge is -2.18. The summed E-state index contributed by atoms with van der Waals surface area (Å²) in [6.45, 7) is 6.35. The molecule has 0 spiro atoms. The molecule has 0 aromatic heterocycles. The molecular formula is C68H112O6. The van der Waals surface area contributed by atoms with Crippen molar-refractivity contribution in [2.75, 3.05) is 13.2 Å². The Bertz CT molecular complexity index is 1550. The minimum absolute atomic E-state index is 0.0839. The third kappa shape index (κ3) is 58.7. The molecule has 0 aliphatic heterocycles. The van der Waals surface area contributed by atoms with Crippen molar-refractivity contribution in [2.24, 2.45) is 0 Å². The van der Waals surface area contributed by atoms with Gasteiger partial charge in [-0.2, -0.15) is 0 Å². The van der Waals surface area contributed by atoms with E-state index < -0.39 is 6.10 Å². The van der Waals surface area contributed by atoms with Crippen LogP contribution >= 0.6 is 0 Å². The number of ether oxygens (including phenoxy) is 3. The zero-order valence-corrected chi connectivity index (χ0v) is 48.1. The van der Waals surface area contributed by atoms with E-state index in [1.54, 1.807) is 0 Å². The molecule has 0 saturated carbocycles. The Hall–Kier alpha value is -4.19. The molecule has 0 aromatic rings. The van der Waals surface area contributed by atoms with E-state index >= 15 is 0 Å². The zero-order chi connectivity index (χ0) is 53.6. The van der Waals surface area contributed by atoms with Crippen molar-refractivity contribution >= 4 is 17.9 Å². The second-order valence-corrected chi connectivity index (χ2v) is 19.9. The standard InChI is InChI=1S/C68H112O6/c1-4-7-10-13-16-18-20-22-24-26-28-30-31-32-33-34-35-36-37-39-40-42-44-46-48-50-52-55-58-61-67(70)73-64-65(63-72-66(69)60-57-54-15-12-9-6-3)74-68(71)62-59-56-53-51-49-47-45-43-41-38-29-27-25-23-21-19-17-14-11-8-5-2/h7-8,10-11,16-19,22-25,28-30,32-33,35-36,38,65H,4-6,9,12-15,20-21,26-27,31,34,37,39-64H2,1-3H3/b10-7-,11-8-,18-16-,19-17-,24-22-,25-23-,30-28-,33-32-,36-35-,38-29-. The summed E-state index contributed by atoms with van der Waals surface area (Å²) in [5, 5.41) is 0. The van der Waals surface area contributed by atoms with Gasteiger partial charge in [0.05, 0.1) is 0 Å². The van der Waals surface area contributed by atoms with Gasteiger partial charge in [0.15, 0.2) is 6.10 Å². The number of unbranched alkanes of at least 4 members (excludes halogenated alkanes) is 23. The monoisotopic (exact) mass is 1020 g/mol. The molecule has 0 aliphatic carbocycles. The van der Waals surface area contributed by atoms with E-state index in [-0.39, 0.29) is 31.1 Å². The molecule has 74 heavy (non-hydrogen) atoms. The van der Waals surface area contributed by atoms with Gasteiger partial charge >= 0.3 is 17.9 Å². The van der Waals surface area contributed by atoms with Crippen molar-refractivity contribution in [2.45, 2.75) is 277 Å². The minimum Gasteiger partial charge on any atom is -0.462 e. The molecule has 0 aromatic carbocycles. The molecule has 0 rings (SSSR count). The van der Waals surface area contributed by atoms with Crippen LogP contribution in [-0.4, -0.2) is 37.2 Å². The smallest absolute Gasteiger partial charge is 0.306 e. The number of allylic oxidation sites excluding steroid dienone is 20. The lowest BCUT2D eigenvalue weighted by molar-refractivity contribution is -0.167. The van der Waals surface area contributed by atoms with Gasteiger partial charge in [-0.3, -0.25) is 14.4 Å². The Balaban J connectivity index is 4.14. The molecule has 420 valence electrons. The van der Waals surface area contributed by atoms with E-state index in [1.807, 2.05) is 0 Å². The number of carbonyl (C=O) groups is 3. The minimum atomic E-state index is -0.784. The second-order valence-electron chi connectivity index (χ2n) is 19.9. The highest BCUT2D eigenvalue weighted by molar-refractivity contribution is 5.71. The van der Waals surface area contributed by atoms with Crippen LogP contribution < -0.4 is 0 Å². The van der Waals surface area contributed by atoms with Crippen LogP contribution in [0.5, 0.6) is 0 Å². The summed E-state index contributed by atoms with van der Waals surface area (Å²) in [4.78, 5) is 38.0. The van der Waals surface area contributed by atoms with Crippen molar-refractivity contribution in [3.05, 3.63) is 122 Å². The van der Waals surface area contributed by atoms with Crippen molar-refractivity contribution < 1.29 is 28.6 Å². The molecule has 0 N–H and O–H groups in total. The van der Waals surface area contributed by atoms with Crippen LogP contribution in [0.3, 0.4) is 0 Å². The topological polar surface area (TPSA) is 78.9 Å². The van der Waals surface area contributed by atoms with Crippen LogP contribution in [-0.2, 0) is 28.6 Å². The largest absolute Gasteiger partial charge is 0.462 e.